The van der Waals surface area contributed by atoms with E-state index < -0.39 is 0 Å². The van der Waals surface area contributed by atoms with Gasteiger partial charge in [0.05, 0.1) is 0 Å². The van der Waals surface area contributed by atoms with E-state index >= 15 is 0 Å². The third kappa shape index (κ3) is 2.82. The van der Waals surface area contributed by atoms with E-state index in [1.807, 2.05) is 36.4 Å². The van der Waals surface area contributed by atoms with Crippen molar-refractivity contribution in [3.05, 3.63) is 48.6 Å². The van der Waals surface area contributed by atoms with Gasteiger partial charge in [0.25, 0.3) is 0 Å². The quantitative estimate of drug-likeness (QED) is 0.599. The molecule has 1 aromatic rings. The summed E-state index contributed by atoms with van der Waals surface area (Å²) in [5.74, 6) is 0. The van der Waals surface area contributed by atoms with Gasteiger partial charge < -0.3 is 0 Å². The Balaban J connectivity index is 0.000001000. The summed E-state index contributed by atoms with van der Waals surface area (Å²) in [7, 11) is 0. The summed E-state index contributed by atoms with van der Waals surface area (Å²) < 4.78 is 0. The van der Waals surface area contributed by atoms with E-state index in [0.29, 0.717) is 0 Å². The third-order valence-electron chi connectivity index (χ3n) is 1.44. The average Bonchev–Trinajstić information content (AvgIpc) is 2.04. The van der Waals surface area contributed by atoms with Crippen LogP contribution >= 0.6 is 0 Å². The third-order valence-corrected chi connectivity index (χ3v) is 1.44. The van der Waals surface area contributed by atoms with E-state index in [4.69, 9.17) is 0 Å². The van der Waals surface area contributed by atoms with Gasteiger partial charge in [-0.25, -0.2) is 0 Å². The zero-order valence-electron chi connectivity index (χ0n) is 5.88. The van der Waals surface area contributed by atoms with Crippen LogP contribution in [0.25, 0.3) is 12.2 Å². The molecular formula is C10H12Ca. The molecule has 0 N–H and O–H groups in total. The van der Waals surface area contributed by atoms with E-state index in [9.17, 15) is 0 Å². The van der Waals surface area contributed by atoms with Crippen LogP contribution in [0.5, 0.6) is 0 Å². The van der Waals surface area contributed by atoms with Gasteiger partial charge in [-0.3, -0.25) is 0 Å². The molecule has 0 bridgehead atoms. The van der Waals surface area contributed by atoms with Gasteiger partial charge in [0.15, 0.2) is 0 Å². The first-order valence-corrected chi connectivity index (χ1v) is 3.22. The topological polar surface area (TPSA) is 0 Å². The van der Waals surface area contributed by atoms with Crippen molar-refractivity contribution in [1.29, 1.82) is 0 Å². The Hall–Kier alpha value is -0.0403. The molecule has 1 rings (SSSR count). The van der Waals surface area contributed by atoms with Crippen LogP contribution in [-0.2, 0) is 0 Å². The molecule has 11 heavy (non-hydrogen) atoms. The summed E-state index contributed by atoms with van der Waals surface area (Å²) in [5.41, 5.74) is 2.27. The molecule has 0 heterocycles. The SMILES string of the molecule is C=Cc1ccccc1C=C.[CaH2]. The van der Waals surface area contributed by atoms with Crippen molar-refractivity contribution in [3.8, 4) is 0 Å². The number of hydrogen-bond acceptors (Lipinski definition) is 0. The predicted molar refractivity (Wildman–Crippen MR) is 55.2 cm³/mol. The monoisotopic (exact) mass is 172 g/mol. The van der Waals surface area contributed by atoms with Crippen molar-refractivity contribution in [1.82, 2.24) is 0 Å². The number of benzene rings is 1. The normalized spacial score (nSPS) is 8.00. The predicted octanol–water partition coefficient (Wildman–Crippen LogP) is 2.06. The Kier molecular flexibility index (Phi) is 5.57. The minimum absolute atomic E-state index is 0. The summed E-state index contributed by atoms with van der Waals surface area (Å²) in [6.45, 7) is 7.38. The van der Waals surface area contributed by atoms with E-state index in [2.05, 4.69) is 13.2 Å². The summed E-state index contributed by atoms with van der Waals surface area (Å²) >= 11 is 0. The Morgan fingerprint density at radius 2 is 1.27 bits per heavy atom. The molecule has 0 aliphatic heterocycles. The van der Waals surface area contributed by atoms with Crippen LogP contribution in [0.3, 0.4) is 0 Å². The van der Waals surface area contributed by atoms with Crippen LogP contribution in [0.1, 0.15) is 11.1 Å². The van der Waals surface area contributed by atoms with Gasteiger partial charge >= 0.3 is 37.7 Å². The van der Waals surface area contributed by atoms with E-state index in [1.165, 1.54) is 0 Å². The molecule has 0 saturated carbocycles. The Labute approximate surface area is 97.6 Å². The average molecular weight is 172 g/mol. The molecule has 0 spiro atoms. The van der Waals surface area contributed by atoms with E-state index in [0.717, 1.165) is 11.1 Å². The molecule has 0 atom stereocenters. The number of rotatable bonds is 2. The molecule has 0 amide bonds. The van der Waals surface area contributed by atoms with Gasteiger partial charge in [-0.05, 0) is 11.1 Å². The maximum absolute atomic E-state index is 3.69. The standard InChI is InChI=1S/C10H10.Ca.2H/c1-3-9-7-5-6-8-10(9)4-2;;;/h3-8H,1-2H2;;;. The van der Waals surface area contributed by atoms with Crippen molar-refractivity contribution in [2.45, 2.75) is 0 Å². The first kappa shape index (κ1) is 11.0. The molecule has 0 aliphatic rings. The molecule has 0 unspecified atom stereocenters. The van der Waals surface area contributed by atoms with Crippen molar-refractivity contribution in [2.75, 3.05) is 0 Å². The first-order chi connectivity index (χ1) is 4.88. The second-order valence-corrected chi connectivity index (χ2v) is 2.04. The van der Waals surface area contributed by atoms with Gasteiger partial charge in [-0.2, -0.15) is 0 Å². The second-order valence-electron chi connectivity index (χ2n) is 2.04. The van der Waals surface area contributed by atoms with Crippen LogP contribution < -0.4 is 0 Å². The van der Waals surface area contributed by atoms with Crippen molar-refractivity contribution >= 4 is 49.9 Å². The van der Waals surface area contributed by atoms with Crippen LogP contribution in [0.2, 0.25) is 0 Å². The summed E-state index contributed by atoms with van der Waals surface area (Å²) in [6.07, 6.45) is 3.66. The van der Waals surface area contributed by atoms with E-state index in [1.54, 1.807) is 0 Å². The van der Waals surface area contributed by atoms with Crippen molar-refractivity contribution < 1.29 is 0 Å². The molecule has 0 aromatic heterocycles. The van der Waals surface area contributed by atoms with Crippen LogP contribution in [0.15, 0.2) is 37.4 Å². The van der Waals surface area contributed by atoms with Gasteiger partial charge in [-0.1, -0.05) is 49.6 Å². The molecular weight excluding hydrogens is 160 g/mol. The maximum atomic E-state index is 3.69. The van der Waals surface area contributed by atoms with Gasteiger partial charge in [0, 0.05) is 0 Å². The fourth-order valence-corrected chi connectivity index (χ4v) is 0.883. The van der Waals surface area contributed by atoms with Crippen LogP contribution in [0.4, 0.5) is 0 Å². The molecule has 0 aliphatic carbocycles. The molecule has 54 valence electrons. The van der Waals surface area contributed by atoms with Gasteiger partial charge in [0.1, 0.15) is 0 Å². The summed E-state index contributed by atoms with van der Waals surface area (Å²) in [6, 6.07) is 8.02. The Bertz CT molecular complexity index is 224. The second kappa shape index (κ2) is 5.59. The van der Waals surface area contributed by atoms with Crippen LogP contribution in [0, 0.1) is 0 Å². The fourth-order valence-electron chi connectivity index (χ4n) is 0.883. The summed E-state index contributed by atoms with van der Waals surface area (Å²) in [4.78, 5) is 0. The molecule has 0 saturated heterocycles. The van der Waals surface area contributed by atoms with Gasteiger partial charge in [-0.15, -0.1) is 0 Å². The molecule has 1 aromatic carbocycles. The van der Waals surface area contributed by atoms with Crippen molar-refractivity contribution in [3.63, 3.8) is 0 Å². The molecule has 1 heteroatoms. The zero-order chi connectivity index (χ0) is 7.40. The molecule has 0 radical (unpaired) electrons. The summed E-state index contributed by atoms with van der Waals surface area (Å²) in [5, 5.41) is 0. The Morgan fingerprint density at radius 1 is 0.909 bits per heavy atom. The fraction of sp³-hybridized carbons (Fsp3) is 0. The van der Waals surface area contributed by atoms with Gasteiger partial charge in [0.2, 0.25) is 0 Å². The van der Waals surface area contributed by atoms with Crippen molar-refractivity contribution in [2.24, 2.45) is 0 Å². The number of hydrogen-bond donors (Lipinski definition) is 0. The van der Waals surface area contributed by atoms with E-state index in [-0.39, 0.29) is 37.7 Å². The molecule has 0 fully saturated rings. The minimum atomic E-state index is 0. The zero-order valence-corrected chi connectivity index (χ0v) is 5.88. The molecule has 0 nitrogen and oxygen atoms in total. The first-order valence-electron chi connectivity index (χ1n) is 3.22. The Morgan fingerprint density at radius 3 is 1.55 bits per heavy atom. The van der Waals surface area contributed by atoms with Crippen LogP contribution in [-0.4, -0.2) is 37.7 Å².